The normalized spacial score (nSPS) is 18.9. The van der Waals surface area contributed by atoms with Gasteiger partial charge in [-0.05, 0) is 52.5 Å². The van der Waals surface area contributed by atoms with Crippen molar-refractivity contribution in [2.45, 2.75) is 78.6 Å². The Balaban J connectivity index is 1.40. The molecule has 0 aliphatic carbocycles. The average molecular weight is 464 g/mol. The summed E-state index contributed by atoms with van der Waals surface area (Å²) in [6.45, 7) is 10.8. The zero-order valence-electron chi connectivity index (χ0n) is 20.9. The van der Waals surface area contributed by atoms with Crippen LogP contribution in [0.4, 0.5) is 0 Å². The fraction of sp³-hybridized carbons (Fsp3) is 0.519. The van der Waals surface area contributed by atoms with Gasteiger partial charge in [0.2, 0.25) is 5.91 Å². The van der Waals surface area contributed by atoms with Gasteiger partial charge in [0, 0.05) is 48.5 Å². The van der Waals surface area contributed by atoms with E-state index in [4.69, 9.17) is 0 Å². The Hall–Kier alpha value is -2.93. The lowest BCUT2D eigenvalue weighted by atomic mass is 9.97. The van der Waals surface area contributed by atoms with Crippen molar-refractivity contribution in [1.82, 2.24) is 24.6 Å². The summed E-state index contributed by atoms with van der Waals surface area (Å²) >= 11 is 0. The molecule has 4 rings (SSSR count). The molecule has 182 valence electrons. The minimum Gasteiger partial charge on any atom is -0.354 e. The van der Waals surface area contributed by atoms with Crippen LogP contribution < -0.4 is 10.9 Å². The molecule has 3 heterocycles. The number of hydrogen-bond donors (Lipinski definition) is 1. The van der Waals surface area contributed by atoms with Crippen LogP contribution in [0.2, 0.25) is 0 Å². The van der Waals surface area contributed by atoms with Crippen molar-refractivity contribution >= 4 is 16.7 Å². The SMILES string of the molecule is Cc1c2cnn(CC(=O)NCCCN3[C@H](C)CCC[C@@H]3C)c(=O)c2c(C)n1Cc1ccccc1. The van der Waals surface area contributed by atoms with Crippen LogP contribution in [0, 0.1) is 13.8 Å². The molecule has 1 amide bonds. The van der Waals surface area contributed by atoms with Gasteiger partial charge in [-0.15, -0.1) is 0 Å². The Kier molecular flexibility index (Phi) is 7.51. The molecule has 3 aromatic rings. The van der Waals surface area contributed by atoms with Crippen molar-refractivity contribution in [2.24, 2.45) is 0 Å². The molecule has 0 radical (unpaired) electrons. The molecule has 0 unspecified atom stereocenters. The number of rotatable bonds is 8. The summed E-state index contributed by atoms with van der Waals surface area (Å²) < 4.78 is 3.43. The number of aryl methyl sites for hydroxylation is 2. The van der Waals surface area contributed by atoms with Crippen molar-refractivity contribution < 1.29 is 4.79 Å². The predicted molar refractivity (Wildman–Crippen MR) is 136 cm³/mol. The van der Waals surface area contributed by atoms with Gasteiger partial charge in [-0.3, -0.25) is 14.5 Å². The number of carbonyl (C=O) groups excluding carboxylic acids is 1. The third-order valence-electron chi connectivity index (χ3n) is 7.37. The number of piperidine rings is 1. The summed E-state index contributed by atoms with van der Waals surface area (Å²) in [5.74, 6) is -0.174. The minimum absolute atomic E-state index is 0.0619. The monoisotopic (exact) mass is 463 g/mol. The van der Waals surface area contributed by atoms with E-state index in [1.54, 1.807) is 6.20 Å². The van der Waals surface area contributed by atoms with E-state index in [0.717, 1.165) is 29.7 Å². The van der Waals surface area contributed by atoms with Crippen LogP contribution in [0.15, 0.2) is 41.3 Å². The van der Waals surface area contributed by atoms with E-state index in [0.29, 0.717) is 30.6 Å². The maximum Gasteiger partial charge on any atom is 0.276 e. The number of nitrogens with one attached hydrogen (secondary N) is 1. The van der Waals surface area contributed by atoms with Gasteiger partial charge in [0.05, 0.1) is 11.6 Å². The first-order valence-corrected chi connectivity index (χ1v) is 12.5. The van der Waals surface area contributed by atoms with Gasteiger partial charge in [-0.25, -0.2) is 4.68 Å². The number of carbonyl (C=O) groups is 1. The molecule has 1 aliphatic rings. The molecule has 1 saturated heterocycles. The van der Waals surface area contributed by atoms with Gasteiger partial charge in [-0.1, -0.05) is 36.8 Å². The lowest BCUT2D eigenvalue weighted by Gasteiger charge is -2.39. The van der Waals surface area contributed by atoms with Crippen LogP contribution in [-0.2, 0) is 17.9 Å². The smallest absolute Gasteiger partial charge is 0.276 e. The fourth-order valence-corrected chi connectivity index (χ4v) is 5.36. The Morgan fingerprint density at radius 2 is 1.79 bits per heavy atom. The second-order valence-corrected chi connectivity index (χ2v) is 9.71. The number of fused-ring (bicyclic) bond motifs is 1. The van der Waals surface area contributed by atoms with Gasteiger partial charge in [-0.2, -0.15) is 5.10 Å². The number of likely N-dealkylation sites (tertiary alicyclic amines) is 1. The van der Waals surface area contributed by atoms with E-state index in [1.807, 2.05) is 32.0 Å². The van der Waals surface area contributed by atoms with Crippen molar-refractivity contribution in [3.05, 3.63) is 63.8 Å². The van der Waals surface area contributed by atoms with Crippen molar-refractivity contribution in [1.29, 1.82) is 0 Å². The molecule has 1 aliphatic heterocycles. The second-order valence-electron chi connectivity index (χ2n) is 9.71. The van der Waals surface area contributed by atoms with Crippen LogP contribution >= 0.6 is 0 Å². The number of hydrogen-bond acceptors (Lipinski definition) is 4. The van der Waals surface area contributed by atoms with Crippen LogP contribution in [0.5, 0.6) is 0 Å². The third kappa shape index (κ3) is 5.09. The van der Waals surface area contributed by atoms with Gasteiger partial charge < -0.3 is 9.88 Å². The third-order valence-corrected chi connectivity index (χ3v) is 7.37. The highest BCUT2D eigenvalue weighted by Crippen LogP contribution is 2.23. The summed E-state index contributed by atoms with van der Waals surface area (Å²) in [5, 5.41) is 8.77. The van der Waals surface area contributed by atoms with Gasteiger partial charge in [0.1, 0.15) is 6.54 Å². The van der Waals surface area contributed by atoms with E-state index < -0.39 is 0 Å². The van der Waals surface area contributed by atoms with Crippen molar-refractivity contribution in [3.63, 3.8) is 0 Å². The minimum atomic E-state index is -0.212. The van der Waals surface area contributed by atoms with Crippen molar-refractivity contribution in [2.75, 3.05) is 13.1 Å². The summed E-state index contributed by atoms with van der Waals surface area (Å²) in [5.41, 5.74) is 2.88. The molecule has 2 aromatic heterocycles. The molecule has 1 aromatic carbocycles. The van der Waals surface area contributed by atoms with Crippen molar-refractivity contribution in [3.8, 4) is 0 Å². The number of amides is 1. The summed E-state index contributed by atoms with van der Waals surface area (Å²) in [4.78, 5) is 28.3. The molecule has 2 atom stereocenters. The maximum absolute atomic E-state index is 13.2. The quantitative estimate of drug-likeness (QED) is 0.518. The first kappa shape index (κ1) is 24.2. The zero-order chi connectivity index (χ0) is 24.2. The Morgan fingerprint density at radius 1 is 1.09 bits per heavy atom. The average Bonchev–Trinajstić information content (AvgIpc) is 3.06. The molecular weight excluding hydrogens is 426 g/mol. The largest absolute Gasteiger partial charge is 0.354 e. The van der Waals surface area contributed by atoms with E-state index >= 15 is 0 Å². The van der Waals surface area contributed by atoms with E-state index in [2.05, 4.69) is 45.9 Å². The summed E-state index contributed by atoms with van der Waals surface area (Å²) in [6, 6.07) is 11.4. The highest BCUT2D eigenvalue weighted by Gasteiger charge is 2.24. The molecular formula is C27H37N5O2. The lowest BCUT2D eigenvalue weighted by Crippen LogP contribution is -2.45. The molecule has 0 spiro atoms. The molecule has 7 heteroatoms. The number of benzene rings is 1. The maximum atomic E-state index is 13.2. The number of aromatic nitrogens is 3. The lowest BCUT2D eigenvalue weighted by molar-refractivity contribution is -0.121. The zero-order valence-corrected chi connectivity index (χ0v) is 20.9. The highest BCUT2D eigenvalue weighted by molar-refractivity contribution is 5.87. The highest BCUT2D eigenvalue weighted by atomic mass is 16.2. The van der Waals surface area contributed by atoms with Crippen LogP contribution in [-0.4, -0.2) is 50.3 Å². The molecule has 0 saturated carbocycles. The topological polar surface area (TPSA) is 72.2 Å². The Morgan fingerprint density at radius 3 is 2.50 bits per heavy atom. The number of nitrogens with zero attached hydrogens (tertiary/aromatic N) is 4. The van der Waals surface area contributed by atoms with Crippen LogP contribution in [0.3, 0.4) is 0 Å². The molecule has 34 heavy (non-hydrogen) atoms. The van der Waals surface area contributed by atoms with Gasteiger partial charge >= 0.3 is 0 Å². The van der Waals surface area contributed by atoms with E-state index in [-0.39, 0.29) is 18.0 Å². The molecule has 1 N–H and O–H groups in total. The standard InChI is InChI=1S/C27H37N5O2/c1-19-10-8-11-20(2)30(19)15-9-14-28-25(33)18-32-27(34)26-22(4)31(21(3)24(26)16-29-32)17-23-12-6-5-7-13-23/h5-7,12-13,16,19-20H,8-11,14-15,17-18H2,1-4H3,(H,28,33)/t19-,20+. The molecule has 7 nitrogen and oxygen atoms in total. The van der Waals surface area contributed by atoms with E-state index in [1.165, 1.54) is 29.5 Å². The Bertz CT molecular complexity index is 1190. The fourth-order valence-electron chi connectivity index (χ4n) is 5.36. The Labute approximate surface area is 201 Å². The van der Waals surface area contributed by atoms with E-state index in [9.17, 15) is 9.59 Å². The van der Waals surface area contributed by atoms with Gasteiger partial charge in [0.15, 0.2) is 0 Å². The molecule has 0 bridgehead atoms. The van der Waals surface area contributed by atoms with Gasteiger partial charge in [0.25, 0.3) is 5.56 Å². The summed E-state index contributed by atoms with van der Waals surface area (Å²) in [6.07, 6.45) is 6.42. The second kappa shape index (κ2) is 10.6. The van der Waals surface area contributed by atoms with Crippen LogP contribution in [0.1, 0.15) is 56.5 Å². The first-order chi connectivity index (χ1) is 16.4. The van der Waals surface area contributed by atoms with Crippen LogP contribution in [0.25, 0.3) is 10.8 Å². The summed E-state index contributed by atoms with van der Waals surface area (Å²) in [7, 11) is 0. The molecule has 1 fully saturated rings. The predicted octanol–water partition coefficient (Wildman–Crippen LogP) is 3.63. The first-order valence-electron chi connectivity index (χ1n) is 12.5.